The molecule has 0 atom stereocenters. The molecule has 1 heterocycles. The van der Waals surface area contributed by atoms with Crippen LogP contribution in [0.5, 0.6) is 0 Å². The maximum atomic E-state index is 10.8. The predicted molar refractivity (Wildman–Crippen MR) is 58.3 cm³/mol. The van der Waals surface area contributed by atoms with Crippen molar-refractivity contribution in [3.05, 3.63) is 28.8 Å². The zero-order chi connectivity index (χ0) is 9.97. The molecule has 0 aromatic heterocycles. The van der Waals surface area contributed by atoms with Crippen LogP contribution in [0.25, 0.3) is 0 Å². The van der Waals surface area contributed by atoms with Crippen molar-refractivity contribution in [3.63, 3.8) is 0 Å². The smallest absolute Gasteiger partial charge is 0.152 e. The maximum absolute atomic E-state index is 10.8. The predicted octanol–water partition coefficient (Wildman–Crippen LogP) is 2.75. The second-order valence-corrected chi connectivity index (χ2v) is 3.95. The molecule has 0 spiro atoms. The van der Waals surface area contributed by atoms with Crippen LogP contribution in [-0.4, -0.2) is 19.4 Å². The van der Waals surface area contributed by atoms with Crippen LogP contribution in [0.2, 0.25) is 5.02 Å². The van der Waals surface area contributed by atoms with E-state index in [4.69, 9.17) is 11.6 Å². The summed E-state index contributed by atoms with van der Waals surface area (Å²) >= 11 is 5.91. The van der Waals surface area contributed by atoms with Gasteiger partial charge in [-0.2, -0.15) is 0 Å². The summed E-state index contributed by atoms with van der Waals surface area (Å²) in [5.74, 6) is 0. The fourth-order valence-electron chi connectivity index (χ4n) is 1.85. The molecule has 0 saturated carbocycles. The van der Waals surface area contributed by atoms with Crippen LogP contribution in [0.15, 0.2) is 18.2 Å². The zero-order valence-corrected chi connectivity index (χ0v) is 8.63. The van der Waals surface area contributed by atoms with Crippen molar-refractivity contribution >= 4 is 23.6 Å². The Morgan fingerprint density at radius 3 is 2.64 bits per heavy atom. The minimum atomic E-state index is 0.692. The van der Waals surface area contributed by atoms with Crippen molar-refractivity contribution in [2.45, 2.75) is 12.8 Å². The molecule has 2 nitrogen and oxygen atoms in total. The summed E-state index contributed by atoms with van der Waals surface area (Å²) in [7, 11) is 0. The summed E-state index contributed by atoms with van der Waals surface area (Å²) in [4.78, 5) is 13.0. The van der Waals surface area contributed by atoms with Crippen molar-refractivity contribution in [1.82, 2.24) is 0 Å². The van der Waals surface area contributed by atoms with Crippen LogP contribution < -0.4 is 4.90 Å². The van der Waals surface area contributed by atoms with Gasteiger partial charge in [-0.05, 0) is 31.0 Å². The van der Waals surface area contributed by atoms with Crippen molar-refractivity contribution in [3.8, 4) is 0 Å². The Kier molecular flexibility index (Phi) is 2.73. The molecule has 2 rings (SSSR count). The first kappa shape index (κ1) is 9.53. The van der Waals surface area contributed by atoms with Crippen molar-refractivity contribution in [2.24, 2.45) is 0 Å². The third-order valence-corrected chi connectivity index (χ3v) is 2.80. The fraction of sp³-hybridized carbons (Fsp3) is 0.364. The van der Waals surface area contributed by atoms with Gasteiger partial charge in [-0.3, -0.25) is 4.79 Å². The van der Waals surface area contributed by atoms with Gasteiger partial charge in [0.1, 0.15) is 0 Å². The van der Waals surface area contributed by atoms with Crippen molar-refractivity contribution in [2.75, 3.05) is 18.0 Å². The molecule has 3 heteroatoms. The number of benzene rings is 1. The van der Waals surface area contributed by atoms with E-state index in [0.717, 1.165) is 30.6 Å². The summed E-state index contributed by atoms with van der Waals surface area (Å²) in [5, 5.41) is 0.692. The minimum absolute atomic E-state index is 0.692. The molecule has 14 heavy (non-hydrogen) atoms. The zero-order valence-electron chi connectivity index (χ0n) is 7.87. The molecule has 0 radical (unpaired) electrons. The average molecular weight is 210 g/mol. The number of halogens is 1. The van der Waals surface area contributed by atoms with Crippen molar-refractivity contribution < 1.29 is 4.79 Å². The maximum Gasteiger partial charge on any atom is 0.152 e. The third-order valence-electron chi connectivity index (χ3n) is 2.57. The first-order chi connectivity index (χ1) is 6.81. The van der Waals surface area contributed by atoms with Crippen LogP contribution >= 0.6 is 11.6 Å². The number of hydrogen-bond acceptors (Lipinski definition) is 2. The molecule has 1 fully saturated rings. The van der Waals surface area contributed by atoms with E-state index in [-0.39, 0.29) is 0 Å². The Morgan fingerprint density at radius 1 is 1.29 bits per heavy atom. The van der Waals surface area contributed by atoms with Crippen LogP contribution in [0.4, 0.5) is 5.69 Å². The lowest BCUT2D eigenvalue weighted by atomic mass is 10.2. The largest absolute Gasteiger partial charge is 0.371 e. The summed E-state index contributed by atoms with van der Waals surface area (Å²) in [6, 6.07) is 5.41. The highest BCUT2D eigenvalue weighted by Crippen LogP contribution is 2.26. The number of carbonyl (C=O) groups is 1. The molecule has 74 valence electrons. The third kappa shape index (κ3) is 1.75. The van der Waals surface area contributed by atoms with Gasteiger partial charge < -0.3 is 4.90 Å². The van der Waals surface area contributed by atoms with Gasteiger partial charge in [0, 0.05) is 29.4 Å². The van der Waals surface area contributed by atoms with E-state index in [1.807, 2.05) is 6.07 Å². The summed E-state index contributed by atoms with van der Waals surface area (Å²) in [6.07, 6.45) is 3.29. The fourth-order valence-corrected chi connectivity index (χ4v) is 2.01. The molecule has 0 unspecified atom stereocenters. The van der Waals surface area contributed by atoms with E-state index in [2.05, 4.69) is 4.90 Å². The standard InChI is InChI=1S/C11H12ClNO/c12-10-4-3-9(8-14)11(7-10)13-5-1-2-6-13/h3-4,7-8H,1-2,5-6H2. The lowest BCUT2D eigenvalue weighted by Gasteiger charge is -2.19. The van der Waals surface area contributed by atoms with Crippen molar-refractivity contribution in [1.29, 1.82) is 0 Å². The molecule has 0 bridgehead atoms. The monoisotopic (exact) mass is 209 g/mol. The number of nitrogens with zero attached hydrogens (tertiary/aromatic N) is 1. The number of anilines is 1. The van der Waals surface area contributed by atoms with Gasteiger partial charge in [0.2, 0.25) is 0 Å². The van der Waals surface area contributed by atoms with E-state index >= 15 is 0 Å². The Bertz CT molecular complexity index is 345. The van der Waals surface area contributed by atoms with Gasteiger partial charge >= 0.3 is 0 Å². The molecule has 0 amide bonds. The van der Waals surface area contributed by atoms with Crippen LogP contribution in [0.1, 0.15) is 23.2 Å². The van der Waals surface area contributed by atoms with E-state index in [9.17, 15) is 4.79 Å². The molecular formula is C11H12ClNO. The molecule has 1 aromatic carbocycles. The molecule has 0 N–H and O–H groups in total. The highest BCUT2D eigenvalue weighted by molar-refractivity contribution is 6.31. The van der Waals surface area contributed by atoms with Gasteiger partial charge in [0.15, 0.2) is 6.29 Å². The Balaban J connectivity index is 2.37. The van der Waals surface area contributed by atoms with Gasteiger partial charge in [-0.15, -0.1) is 0 Å². The second-order valence-electron chi connectivity index (χ2n) is 3.52. The lowest BCUT2D eigenvalue weighted by Crippen LogP contribution is -2.19. The summed E-state index contributed by atoms with van der Waals surface area (Å²) in [5.41, 5.74) is 1.71. The topological polar surface area (TPSA) is 20.3 Å². The quantitative estimate of drug-likeness (QED) is 0.699. The Morgan fingerprint density at radius 2 is 2.00 bits per heavy atom. The van der Waals surface area contributed by atoms with E-state index in [1.54, 1.807) is 12.1 Å². The highest BCUT2D eigenvalue weighted by Gasteiger charge is 2.15. The Labute approximate surface area is 88.5 Å². The molecule has 1 saturated heterocycles. The highest BCUT2D eigenvalue weighted by atomic mass is 35.5. The summed E-state index contributed by atoms with van der Waals surface area (Å²) in [6.45, 7) is 2.06. The normalized spacial score (nSPS) is 15.9. The van der Waals surface area contributed by atoms with Crippen LogP contribution in [-0.2, 0) is 0 Å². The number of carbonyl (C=O) groups excluding carboxylic acids is 1. The van der Waals surface area contributed by atoms with Gasteiger partial charge in [-0.1, -0.05) is 11.6 Å². The van der Waals surface area contributed by atoms with E-state index < -0.39 is 0 Å². The first-order valence-corrected chi connectivity index (χ1v) is 5.19. The Hall–Kier alpha value is -1.02. The molecule has 1 aromatic rings. The summed E-state index contributed by atoms with van der Waals surface area (Å²) < 4.78 is 0. The molecular weight excluding hydrogens is 198 g/mol. The van der Waals surface area contributed by atoms with Gasteiger partial charge in [0.25, 0.3) is 0 Å². The minimum Gasteiger partial charge on any atom is -0.371 e. The van der Waals surface area contributed by atoms with Crippen LogP contribution in [0.3, 0.4) is 0 Å². The number of hydrogen-bond donors (Lipinski definition) is 0. The van der Waals surface area contributed by atoms with E-state index in [1.165, 1.54) is 12.8 Å². The van der Waals surface area contributed by atoms with E-state index in [0.29, 0.717) is 5.02 Å². The lowest BCUT2D eigenvalue weighted by molar-refractivity contribution is 0.112. The molecule has 1 aliphatic heterocycles. The first-order valence-electron chi connectivity index (χ1n) is 4.81. The van der Waals surface area contributed by atoms with Gasteiger partial charge in [0.05, 0.1) is 0 Å². The van der Waals surface area contributed by atoms with Gasteiger partial charge in [-0.25, -0.2) is 0 Å². The molecule has 0 aliphatic carbocycles. The second kappa shape index (κ2) is 4.01. The SMILES string of the molecule is O=Cc1ccc(Cl)cc1N1CCCC1. The number of aldehydes is 1. The average Bonchev–Trinajstić information content (AvgIpc) is 2.70. The van der Waals surface area contributed by atoms with Crippen LogP contribution in [0, 0.1) is 0 Å². The number of rotatable bonds is 2. The molecule has 1 aliphatic rings.